The summed E-state index contributed by atoms with van der Waals surface area (Å²) in [6.07, 6.45) is 4.02. The topological polar surface area (TPSA) is 34.9 Å². The number of aromatic nitrogens is 2. The molecule has 0 aromatic carbocycles. The molecule has 0 fully saturated rings. The smallest absolute Gasteiger partial charge is 0.124 e. The number of nitrogens with zero attached hydrogens (tertiary/aromatic N) is 2. The highest BCUT2D eigenvalue weighted by Gasteiger charge is 2.22. The van der Waals surface area contributed by atoms with E-state index in [0.717, 1.165) is 43.6 Å². The Morgan fingerprint density at radius 1 is 1.64 bits per heavy atom. The summed E-state index contributed by atoms with van der Waals surface area (Å²) in [6.45, 7) is 5.01. The second kappa shape index (κ2) is 3.56. The van der Waals surface area contributed by atoms with Crippen molar-refractivity contribution in [2.45, 2.75) is 39.7 Å². The molecule has 1 atom stereocenters. The number of rotatable bonds is 2. The van der Waals surface area contributed by atoms with Gasteiger partial charge in [-0.15, -0.1) is 0 Å². The van der Waals surface area contributed by atoms with E-state index in [0.29, 0.717) is 0 Å². The fourth-order valence-corrected chi connectivity index (χ4v) is 2.23. The molecule has 1 aliphatic heterocycles. The van der Waals surface area contributed by atoms with E-state index < -0.39 is 0 Å². The first-order valence-electron chi connectivity index (χ1n) is 5.26. The number of aldehydes is 1. The standard InChI is InChI=1S/C11H16N2O/c1-3-11-12-8(2)10-5-4-9(7-14)6-13(10)11/h7,9H,3-6H2,1-2H3. The van der Waals surface area contributed by atoms with Gasteiger partial charge in [-0.2, -0.15) is 0 Å². The average Bonchev–Trinajstić information content (AvgIpc) is 2.55. The Bertz CT molecular complexity index is 354. The van der Waals surface area contributed by atoms with Crippen molar-refractivity contribution < 1.29 is 4.79 Å². The molecule has 0 amide bonds. The van der Waals surface area contributed by atoms with Crippen LogP contribution in [0.15, 0.2) is 0 Å². The minimum Gasteiger partial charge on any atom is -0.331 e. The Kier molecular flexibility index (Phi) is 2.40. The van der Waals surface area contributed by atoms with Crippen molar-refractivity contribution >= 4 is 6.29 Å². The van der Waals surface area contributed by atoms with E-state index in [1.54, 1.807) is 0 Å². The fraction of sp³-hybridized carbons (Fsp3) is 0.636. The van der Waals surface area contributed by atoms with Crippen LogP contribution in [0.25, 0.3) is 0 Å². The first kappa shape index (κ1) is 9.44. The number of carbonyl (C=O) groups excluding carboxylic acids is 1. The zero-order valence-electron chi connectivity index (χ0n) is 8.79. The number of fused-ring (bicyclic) bond motifs is 1. The Balaban J connectivity index is 2.38. The van der Waals surface area contributed by atoms with Crippen molar-refractivity contribution in [3.8, 4) is 0 Å². The van der Waals surface area contributed by atoms with Gasteiger partial charge in [-0.25, -0.2) is 4.98 Å². The molecule has 0 aliphatic carbocycles. The Labute approximate surface area is 84.1 Å². The van der Waals surface area contributed by atoms with Gasteiger partial charge in [0.1, 0.15) is 12.1 Å². The van der Waals surface area contributed by atoms with Gasteiger partial charge >= 0.3 is 0 Å². The summed E-state index contributed by atoms with van der Waals surface area (Å²) >= 11 is 0. The molecular formula is C11H16N2O. The predicted octanol–water partition coefficient (Wildman–Crippen LogP) is 1.52. The van der Waals surface area contributed by atoms with Crippen molar-refractivity contribution in [3.05, 3.63) is 17.2 Å². The Morgan fingerprint density at radius 2 is 2.43 bits per heavy atom. The van der Waals surface area contributed by atoms with E-state index in [9.17, 15) is 4.79 Å². The second-order valence-corrected chi connectivity index (χ2v) is 3.96. The molecule has 0 bridgehead atoms. The van der Waals surface area contributed by atoms with Crippen LogP contribution in [-0.2, 0) is 24.2 Å². The van der Waals surface area contributed by atoms with E-state index in [1.165, 1.54) is 5.69 Å². The summed E-state index contributed by atoms with van der Waals surface area (Å²) < 4.78 is 2.23. The maximum Gasteiger partial charge on any atom is 0.124 e. The molecule has 0 N–H and O–H groups in total. The van der Waals surface area contributed by atoms with Gasteiger partial charge in [-0.1, -0.05) is 6.92 Å². The van der Waals surface area contributed by atoms with E-state index in [1.807, 2.05) is 0 Å². The SMILES string of the molecule is CCc1nc(C)c2n1CC(C=O)CC2. The molecule has 1 aliphatic rings. The van der Waals surface area contributed by atoms with E-state index in [2.05, 4.69) is 23.4 Å². The molecule has 14 heavy (non-hydrogen) atoms. The van der Waals surface area contributed by atoms with Gasteiger partial charge in [-0.05, 0) is 19.8 Å². The molecule has 0 saturated heterocycles. The summed E-state index contributed by atoms with van der Waals surface area (Å²) in [5.41, 5.74) is 2.48. The number of hydrogen-bond donors (Lipinski definition) is 0. The summed E-state index contributed by atoms with van der Waals surface area (Å²) in [6, 6.07) is 0. The second-order valence-electron chi connectivity index (χ2n) is 3.96. The lowest BCUT2D eigenvalue weighted by atomic mass is 9.98. The van der Waals surface area contributed by atoms with Crippen LogP contribution in [0, 0.1) is 12.8 Å². The highest BCUT2D eigenvalue weighted by atomic mass is 16.1. The van der Waals surface area contributed by atoms with Crippen molar-refractivity contribution in [2.75, 3.05) is 0 Å². The summed E-state index contributed by atoms with van der Waals surface area (Å²) in [5.74, 6) is 1.32. The zero-order valence-corrected chi connectivity index (χ0v) is 8.79. The number of hydrogen-bond acceptors (Lipinski definition) is 2. The van der Waals surface area contributed by atoms with Crippen LogP contribution < -0.4 is 0 Å². The summed E-state index contributed by atoms with van der Waals surface area (Å²) in [4.78, 5) is 15.3. The first-order valence-corrected chi connectivity index (χ1v) is 5.26. The molecule has 2 heterocycles. The quantitative estimate of drug-likeness (QED) is 0.666. The predicted molar refractivity (Wildman–Crippen MR) is 54.2 cm³/mol. The van der Waals surface area contributed by atoms with Gasteiger partial charge in [0.15, 0.2) is 0 Å². The van der Waals surface area contributed by atoms with Gasteiger partial charge in [0.2, 0.25) is 0 Å². The molecule has 0 saturated carbocycles. The maximum atomic E-state index is 10.7. The molecule has 76 valence electrons. The van der Waals surface area contributed by atoms with Crippen LogP contribution in [0.1, 0.15) is 30.6 Å². The first-order chi connectivity index (χ1) is 6.76. The lowest BCUT2D eigenvalue weighted by Crippen LogP contribution is -2.22. The van der Waals surface area contributed by atoms with Crippen LogP contribution in [0.4, 0.5) is 0 Å². The molecule has 2 rings (SSSR count). The molecule has 1 aromatic heterocycles. The molecule has 0 radical (unpaired) electrons. The molecule has 3 heteroatoms. The lowest BCUT2D eigenvalue weighted by Gasteiger charge is -2.21. The minimum atomic E-state index is 0.196. The van der Waals surface area contributed by atoms with Crippen molar-refractivity contribution in [1.82, 2.24) is 9.55 Å². The maximum absolute atomic E-state index is 10.7. The number of imidazole rings is 1. The van der Waals surface area contributed by atoms with Crippen molar-refractivity contribution in [3.63, 3.8) is 0 Å². The fourth-order valence-electron chi connectivity index (χ4n) is 2.23. The Hall–Kier alpha value is -1.12. The Morgan fingerprint density at radius 3 is 3.07 bits per heavy atom. The minimum absolute atomic E-state index is 0.196. The lowest BCUT2D eigenvalue weighted by molar-refractivity contribution is -0.111. The van der Waals surface area contributed by atoms with E-state index in [4.69, 9.17) is 0 Å². The third kappa shape index (κ3) is 1.37. The van der Waals surface area contributed by atoms with Crippen molar-refractivity contribution in [1.29, 1.82) is 0 Å². The van der Waals surface area contributed by atoms with Crippen LogP contribution in [0.5, 0.6) is 0 Å². The highest BCUT2D eigenvalue weighted by molar-refractivity contribution is 5.54. The largest absolute Gasteiger partial charge is 0.331 e. The van der Waals surface area contributed by atoms with Gasteiger partial charge < -0.3 is 9.36 Å². The van der Waals surface area contributed by atoms with Crippen LogP contribution in [0.2, 0.25) is 0 Å². The molecule has 0 spiro atoms. The molecule has 3 nitrogen and oxygen atoms in total. The average molecular weight is 192 g/mol. The third-order valence-corrected chi connectivity index (χ3v) is 3.03. The third-order valence-electron chi connectivity index (χ3n) is 3.03. The van der Waals surface area contributed by atoms with Gasteiger partial charge in [0.25, 0.3) is 0 Å². The molecule has 1 aromatic rings. The van der Waals surface area contributed by atoms with E-state index >= 15 is 0 Å². The number of aryl methyl sites for hydroxylation is 2. The normalized spacial score (nSPS) is 20.6. The molecule has 1 unspecified atom stereocenters. The van der Waals surface area contributed by atoms with Crippen LogP contribution in [0.3, 0.4) is 0 Å². The van der Waals surface area contributed by atoms with Crippen molar-refractivity contribution in [2.24, 2.45) is 5.92 Å². The van der Waals surface area contributed by atoms with Crippen LogP contribution >= 0.6 is 0 Å². The monoisotopic (exact) mass is 192 g/mol. The summed E-state index contributed by atoms with van der Waals surface area (Å²) in [5, 5.41) is 0. The highest BCUT2D eigenvalue weighted by Crippen LogP contribution is 2.23. The van der Waals surface area contributed by atoms with Gasteiger partial charge in [0.05, 0.1) is 5.69 Å². The summed E-state index contributed by atoms with van der Waals surface area (Å²) in [7, 11) is 0. The van der Waals surface area contributed by atoms with Crippen LogP contribution in [-0.4, -0.2) is 15.8 Å². The van der Waals surface area contributed by atoms with E-state index in [-0.39, 0.29) is 5.92 Å². The molecular weight excluding hydrogens is 176 g/mol. The zero-order chi connectivity index (χ0) is 10.1. The number of carbonyl (C=O) groups is 1. The van der Waals surface area contributed by atoms with Gasteiger partial charge in [-0.3, -0.25) is 0 Å². The van der Waals surface area contributed by atoms with Gasteiger partial charge in [0, 0.05) is 24.6 Å².